The molecule has 0 unspecified atom stereocenters. The molecule has 2 rings (SSSR count). The van der Waals surface area contributed by atoms with Gasteiger partial charge in [-0.2, -0.15) is 0 Å². The van der Waals surface area contributed by atoms with Crippen LogP contribution in [0, 0.1) is 18.8 Å². The number of hydrogen-bond acceptors (Lipinski definition) is 2. The topological polar surface area (TPSA) is 18.5 Å². The molecule has 0 aliphatic heterocycles. The molecule has 0 spiro atoms. The van der Waals surface area contributed by atoms with E-state index < -0.39 is 24.0 Å². The van der Waals surface area contributed by atoms with Crippen molar-refractivity contribution in [3.05, 3.63) is 22.8 Å². The lowest BCUT2D eigenvalue weighted by atomic mass is 9.80. The molecule has 0 bridgehead atoms. The third-order valence-electron chi connectivity index (χ3n) is 5.37. The Labute approximate surface area is 159 Å². The summed E-state index contributed by atoms with van der Waals surface area (Å²) in [4.78, 5) is 0. The van der Waals surface area contributed by atoms with Crippen molar-refractivity contribution in [2.45, 2.75) is 72.1 Å². The molecule has 27 heavy (non-hydrogen) atoms. The number of halogens is 4. The zero-order valence-corrected chi connectivity index (χ0v) is 16.4. The van der Waals surface area contributed by atoms with Gasteiger partial charge in [0.2, 0.25) is 0 Å². The Morgan fingerprint density at radius 3 is 2.04 bits per heavy atom. The van der Waals surface area contributed by atoms with E-state index in [2.05, 4.69) is 6.92 Å². The Bertz CT molecular complexity index is 596. The van der Waals surface area contributed by atoms with Gasteiger partial charge in [-0.3, -0.25) is 0 Å². The maximum absolute atomic E-state index is 13.7. The Kier molecular flexibility index (Phi) is 8.24. The molecule has 154 valence electrons. The fraction of sp³-hybridized carbons (Fsp3) is 0.714. The zero-order valence-electron chi connectivity index (χ0n) is 16.4. The van der Waals surface area contributed by atoms with Gasteiger partial charge in [0.1, 0.15) is 11.5 Å². The van der Waals surface area contributed by atoms with E-state index in [4.69, 9.17) is 9.47 Å². The molecular formula is C21H30F4O2. The first-order chi connectivity index (χ1) is 12.9. The van der Waals surface area contributed by atoms with Gasteiger partial charge in [-0.15, -0.1) is 0 Å². The molecule has 2 nitrogen and oxygen atoms in total. The fourth-order valence-electron chi connectivity index (χ4n) is 4.01. The Morgan fingerprint density at radius 1 is 0.926 bits per heavy atom. The Hall–Kier alpha value is -1.46. The van der Waals surface area contributed by atoms with E-state index in [1.54, 1.807) is 13.8 Å². The zero-order chi connectivity index (χ0) is 20.0. The summed E-state index contributed by atoms with van der Waals surface area (Å²) in [5.74, 6) is 0.720. The summed E-state index contributed by atoms with van der Waals surface area (Å²) in [7, 11) is 0. The average molecular weight is 390 g/mol. The van der Waals surface area contributed by atoms with E-state index in [0.717, 1.165) is 31.6 Å². The molecule has 1 aliphatic rings. The van der Waals surface area contributed by atoms with Crippen molar-refractivity contribution in [2.24, 2.45) is 11.8 Å². The minimum Gasteiger partial charge on any atom is -0.493 e. The second-order valence-corrected chi connectivity index (χ2v) is 7.37. The van der Waals surface area contributed by atoms with Crippen LogP contribution in [0.3, 0.4) is 0 Å². The Morgan fingerprint density at radius 2 is 1.52 bits per heavy atom. The normalized spacial score (nSPS) is 20.3. The number of aryl methyl sites for hydroxylation is 1. The van der Waals surface area contributed by atoms with Crippen LogP contribution in [0.25, 0.3) is 0 Å². The highest BCUT2D eigenvalue weighted by Crippen LogP contribution is 2.45. The summed E-state index contributed by atoms with van der Waals surface area (Å²) in [5.41, 5.74) is -1.08. The smallest absolute Gasteiger partial charge is 0.268 e. The predicted octanol–water partition coefficient (Wildman–Crippen LogP) is 7.25. The van der Waals surface area contributed by atoms with Gasteiger partial charge in [-0.05, 0) is 50.2 Å². The lowest BCUT2D eigenvalue weighted by molar-refractivity contribution is 0.112. The molecule has 0 heterocycles. The van der Waals surface area contributed by atoms with Gasteiger partial charge in [-0.1, -0.05) is 32.6 Å². The van der Waals surface area contributed by atoms with Crippen molar-refractivity contribution >= 4 is 0 Å². The van der Waals surface area contributed by atoms with E-state index in [-0.39, 0.29) is 30.6 Å². The summed E-state index contributed by atoms with van der Waals surface area (Å²) < 4.78 is 65.3. The molecular weight excluding hydrogens is 360 g/mol. The van der Waals surface area contributed by atoms with Gasteiger partial charge in [0.05, 0.1) is 24.3 Å². The van der Waals surface area contributed by atoms with Gasteiger partial charge in [0.15, 0.2) is 0 Å². The molecule has 0 radical (unpaired) electrons. The minimum atomic E-state index is -3.05. The first-order valence-corrected chi connectivity index (χ1v) is 9.88. The first kappa shape index (κ1) is 21.8. The number of ether oxygens (including phenoxy) is 2. The van der Waals surface area contributed by atoms with Gasteiger partial charge < -0.3 is 9.47 Å². The minimum absolute atomic E-state index is 0.112. The molecule has 6 heteroatoms. The molecule has 0 N–H and O–H groups in total. The SMILES string of the molecule is CCCC1CCC(COc2c(C)cc(OCC)c(C(F)F)c2C(F)F)CC1. The molecule has 1 aromatic carbocycles. The summed E-state index contributed by atoms with van der Waals surface area (Å²) in [5, 5.41) is 0. The van der Waals surface area contributed by atoms with Crippen molar-refractivity contribution in [1.29, 1.82) is 0 Å². The van der Waals surface area contributed by atoms with Crippen molar-refractivity contribution in [1.82, 2.24) is 0 Å². The largest absolute Gasteiger partial charge is 0.493 e. The van der Waals surface area contributed by atoms with E-state index in [9.17, 15) is 17.6 Å². The van der Waals surface area contributed by atoms with Gasteiger partial charge in [0, 0.05) is 0 Å². The van der Waals surface area contributed by atoms with Crippen LogP contribution in [0.1, 0.15) is 81.9 Å². The van der Waals surface area contributed by atoms with Crippen LogP contribution >= 0.6 is 0 Å². The number of benzene rings is 1. The van der Waals surface area contributed by atoms with Crippen molar-refractivity contribution in [3.8, 4) is 11.5 Å². The number of alkyl halides is 4. The average Bonchev–Trinajstić information content (AvgIpc) is 2.61. The third kappa shape index (κ3) is 5.52. The van der Waals surface area contributed by atoms with Crippen LogP contribution in [0.5, 0.6) is 11.5 Å². The molecule has 1 aromatic rings. The van der Waals surface area contributed by atoms with Crippen molar-refractivity contribution in [2.75, 3.05) is 13.2 Å². The van der Waals surface area contributed by atoms with Crippen LogP contribution < -0.4 is 9.47 Å². The second-order valence-electron chi connectivity index (χ2n) is 7.37. The maximum Gasteiger partial charge on any atom is 0.268 e. The first-order valence-electron chi connectivity index (χ1n) is 9.88. The van der Waals surface area contributed by atoms with E-state index in [1.165, 1.54) is 18.9 Å². The monoisotopic (exact) mass is 390 g/mol. The second kappa shape index (κ2) is 10.2. The third-order valence-corrected chi connectivity index (χ3v) is 5.37. The summed E-state index contributed by atoms with van der Waals surface area (Å²) in [6, 6.07) is 1.38. The van der Waals surface area contributed by atoms with Crippen LogP contribution in [0.15, 0.2) is 6.07 Å². The van der Waals surface area contributed by atoms with Gasteiger partial charge >= 0.3 is 0 Å². The molecule has 1 saturated carbocycles. The molecule has 1 aliphatic carbocycles. The van der Waals surface area contributed by atoms with Crippen molar-refractivity contribution in [3.63, 3.8) is 0 Å². The lowest BCUT2D eigenvalue weighted by Gasteiger charge is -2.29. The van der Waals surface area contributed by atoms with E-state index in [0.29, 0.717) is 5.56 Å². The van der Waals surface area contributed by atoms with E-state index >= 15 is 0 Å². The highest BCUT2D eigenvalue weighted by atomic mass is 19.3. The molecule has 0 saturated heterocycles. The van der Waals surface area contributed by atoms with Crippen LogP contribution in [-0.2, 0) is 0 Å². The van der Waals surface area contributed by atoms with Crippen LogP contribution in [-0.4, -0.2) is 13.2 Å². The highest BCUT2D eigenvalue weighted by Gasteiger charge is 2.31. The highest BCUT2D eigenvalue weighted by molar-refractivity contribution is 5.54. The molecule has 0 amide bonds. The van der Waals surface area contributed by atoms with Crippen LogP contribution in [0.4, 0.5) is 17.6 Å². The Balaban J connectivity index is 2.19. The summed E-state index contributed by atoms with van der Waals surface area (Å²) in [6.45, 7) is 5.82. The van der Waals surface area contributed by atoms with E-state index in [1.807, 2.05) is 0 Å². The van der Waals surface area contributed by atoms with Gasteiger partial charge in [-0.25, -0.2) is 17.6 Å². The van der Waals surface area contributed by atoms with Gasteiger partial charge in [0.25, 0.3) is 12.9 Å². The standard InChI is InChI=1S/C21H30F4O2/c1-4-6-14-7-9-15(10-8-14)12-27-19-13(3)11-16(26-5-2)17(20(22)23)18(19)21(24)25/h11,14-15,20-21H,4-10,12H2,1-3H3. The summed E-state index contributed by atoms with van der Waals surface area (Å²) >= 11 is 0. The van der Waals surface area contributed by atoms with Crippen molar-refractivity contribution < 1.29 is 27.0 Å². The van der Waals surface area contributed by atoms with Crippen LogP contribution in [0.2, 0.25) is 0 Å². The predicted molar refractivity (Wildman–Crippen MR) is 98.1 cm³/mol. The summed E-state index contributed by atoms with van der Waals surface area (Å²) in [6.07, 6.45) is 0.511. The molecule has 1 fully saturated rings. The number of hydrogen-bond donors (Lipinski definition) is 0. The fourth-order valence-corrected chi connectivity index (χ4v) is 4.01. The molecule has 0 aromatic heterocycles. The number of rotatable bonds is 9. The maximum atomic E-state index is 13.7. The molecule has 0 atom stereocenters. The lowest BCUT2D eigenvalue weighted by Crippen LogP contribution is -2.21. The quantitative estimate of drug-likeness (QED) is 0.413.